The number of morpholine rings is 1. The molecule has 0 atom stereocenters. The molecule has 0 spiro atoms. The number of benzene rings is 1. The summed E-state index contributed by atoms with van der Waals surface area (Å²) in [6.45, 7) is 5.40. The Balaban J connectivity index is 1.50. The Hall–Kier alpha value is -2.50. The van der Waals surface area contributed by atoms with E-state index in [9.17, 15) is 14.0 Å². The molecule has 3 amide bonds. The first-order valence-electron chi connectivity index (χ1n) is 9.82. The molecule has 3 heterocycles. The van der Waals surface area contributed by atoms with E-state index in [-0.39, 0.29) is 23.5 Å². The zero-order valence-corrected chi connectivity index (χ0v) is 17.2. The molecular formula is C19H23FN6O3S. The van der Waals surface area contributed by atoms with Crippen LogP contribution in [0.2, 0.25) is 0 Å². The van der Waals surface area contributed by atoms with Gasteiger partial charge in [-0.15, -0.1) is 10.2 Å². The van der Waals surface area contributed by atoms with Gasteiger partial charge in [0.05, 0.1) is 19.0 Å². The van der Waals surface area contributed by atoms with Crippen LogP contribution < -0.4 is 5.32 Å². The Labute approximate surface area is 177 Å². The summed E-state index contributed by atoms with van der Waals surface area (Å²) < 4.78 is 20.7. The SMILES string of the molecule is O=C(CSc1nnc(-c2ccc(F)cc2)n1CCN1CCOCC1)N1CCNC1=O. The van der Waals surface area contributed by atoms with E-state index in [1.54, 1.807) is 12.1 Å². The molecular weight excluding hydrogens is 411 g/mol. The van der Waals surface area contributed by atoms with Crippen molar-refractivity contribution in [2.24, 2.45) is 0 Å². The monoisotopic (exact) mass is 434 g/mol. The summed E-state index contributed by atoms with van der Waals surface area (Å²) in [5.41, 5.74) is 0.753. The first kappa shape index (κ1) is 20.8. The number of imide groups is 1. The number of carbonyl (C=O) groups is 2. The number of amides is 3. The number of hydrogen-bond donors (Lipinski definition) is 1. The maximum Gasteiger partial charge on any atom is 0.324 e. The van der Waals surface area contributed by atoms with Crippen LogP contribution in [0.4, 0.5) is 9.18 Å². The average molecular weight is 434 g/mol. The van der Waals surface area contributed by atoms with Crippen molar-refractivity contribution in [1.82, 2.24) is 29.9 Å². The molecule has 0 unspecified atom stereocenters. The number of carbonyl (C=O) groups excluding carboxylic acids is 2. The predicted octanol–water partition coefficient (Wildman–Crippen LogP) is 1.06. The predicted molar refractivity (Wildman–Crippen MR) is 109 cm³/mol. The highest BCUT2D eigenvalue weighted by molar-refractivity contribution is 7.99. The molecule has 2 aliphatic rings. The zero-order chi connectivity index (χ0) is 20.9. The minimum absolute atomic E-state index is 0.0898. The van der Waals surface area contributed by atoms with Crippen molar-refractivity contribution in [3.05, 3.63) is 30.1 Å². The number of aromatic nitrogens is 3. The molecule has 30 heavy (non-hydrogen) atoms. The van der Waals surface area contributed by atoms with Crippen molar-refractivity contribution in [3.8, 4) is 11.4 Å². The lowest BCUT2D eigenvalue weighted by Gasteiger charge is -2.27. The van der Waals surface area contributed by atoms with E-state index in [0.717, 1.165) is 25.2 Å². The summed E-state index contributed by atoms with van der Waals surface area (Å²) >= 11 is 1.25. The summed E-state index contributed by atoms with van der Waals surface area (Å²) in [5.74, 6) is 0.132. The number of nitrogens with one attached hydrogen (secondary N) is 1. The summed E-state index contributed by atoms with van der Waals surface area (Å²) in [6, 6.07) is 5.75. The fourth-order valence-corrected chi connectivity index (χ4v) is 4.23. The van der Waals surface area contributed by atoms with Gasteiger partial charge in [-0.05, 0) is 24.3 Å². The first-order valence-corrected chi connectivity index (χ1v) is 10.8. The van der Waals surface area contributed by atoms with Crippen LogP contribution in [-0.2, 0) is 16.1 Å². The maximum absolute atomic E-state index is 13.3. The molecule has 1 aromatic carbocycles. The second-order valence-corrected chi connectivity index (χ2v) is 7.93. The number of ether oxygens (including phenoxy) is 1. The summed E-state index contributed by atoms with van der Waals surface area (Å²) in [7, 11) is 0. The van der Waals surface area contributed by atoms with Crippen LogP contribution in [-0.4, -0.2) is 88.2 Å². The van der Waals surface area contributed by atoms with Crippen molar-refractivity contribution in [2.75, 3.05) is 51.7 Å². The van der Waals surface area contributed by atoms with E-state index in [4.69, 9.17) is 4.74 Å². The van der Waals surface area contributed by atoms with E-state index >= 15 is 0 Å². The Kier molecular flexibility index (Phi) is 6.60. The fraction of sp³-hybridized carbons (Fsp3) is 0.474. The number of halogens is 1. The highest BCUT2D eigenvalue weighted by Gasteiger charge is 2.27. The smallest absolute Gasteiger partial charge is 0.324 e. The van der Waals surface area contributed by atoms with Crippen LogP contribution in [0.3, 0.4) is 0 Å². The van der Waals surface area contributed by atoms with Gasteiger partial charge < -0.3 is 14.6 Å². The second kappa shape index (κ2) is 9.54. The second-order valence-electron chi connectivity index (χ2n) is 6.98. The zero-order valence-electron chi connectivity index (χ0n) is 16.4. The van der Waals surface area contributed by atoms with Crippen LogP contribution >= 0.6 is 11.8 Å². The summed E-state index contributed by atoms with van der Waals surface area (Å²) in [5, 5.41) is 11.8. The third-order valence-corrected chi connectivity index (χ3v) is 6.00. The maximum atomic E-state index is 13.3. The summed E-state index contributed by atoms with van der Waals surface area (Å²) in [6.07, 6.45) is 0. The van der Waals surface area contributed by atoms with Gasteiger partial charge in [0.2, 0.25) is 5.91 Å². The van der Waals surface area contributed by atoms with Gasteiger partial charge in [-0.1, -0.05) is 11.8 Å². The van der Waals surface area contributed by atoms with Crippen molar-refractivity contribution in [3.63, 3.8) is 0 Å². The van der Waals surface area contributed by atoms with Crippen molar-refractivity contribution < 1.29 is 18.7 Å². The highest BCUT2D eigenvalue weighted by Crippen LogP contribution is 2.25. The number of thioether (sulfide) groups is 1. The van der Waals surface area contributed by atoms with Crippen molar-refractivity contribution in [1.29, 1.82) is 0 Å². The molecule has 1 aromatic heterocycles. The number of nitrogens with zero attached hydrogens (tertiary/aromatic N) is 5. The molecule has 0 radical (unpaired) electrons. The van der Waals surface area contributed by atoms with Crippen LogP contribution in [0.1, 0.15) is 0 Å². The third-order valence-electron chi connectivity index (χ3n) is 5.05. The summed E-state index contributed by atoms with van der Waals surface area (Å²) in [4.78, 5) is 27.6. The van der Waals surface area contributed by atoms with Gasteiger partial charge in [0.25, 0.3) is 0 Å². The van der Waals surface area contributed by atoms with Crippen molar-refractivity contribution in [2.45, 2.75) is 11.7 Å². The molecule has 9 nitrogen and oxygen atoms in total. The minimum Gasteiger partial charge on any atom is -0.379 e. The van der Waals surface area contributed by atoms with Gasteiger partial charge in [-0.3, -0.25) is 14.6 Å². The van der Waals surface area contributed by atoms with Gasteiger partial charge in [0.15, 0.2) is 11.0 Å². The van der Waals surface area contributed by atoms with Crippen LogP contribution in [0.15, 0.2) is 29.4 Å². The molecule has 2 saturated heterocycles. The standard InChI is InChI=1S/C19H23FN6O3S/c20-15-3-1-14(2-4-15)17-22-23-19(26(17)8-7-24-9-11-29-12-10-24)30-13-16(27)25-6-5-21-18(25)28/h1-4H,5-13H2,(H,21,28). The molecule has 2 aromatic rings. The van der Waals surface area contributed by atoms with E-state index in [0.29, 0.717) is 43.8 Å². The molecule has 0 aliphatic carbocycles. The average Bonchev–Trinajstić information content (AvgIpc) is 3.38. The third kappa shape index (κ3) is 4.79. The Bertz CT molecular complexity index is 900. The van der Waals surface area contributed by atoms with Crippen LogP contribution in [0, 0.1) is 5.82 Å². The fourth-order valence-electron chi connectivity index (χ4n) is 3.39. The Morgan fingerprint density at radius 3 is 2.60 bits per heavy atom. The lowest BCUT2D eigenvalue weighted by atomic mass is 10.2. The molecule has 0 bridgehead atoms. The minimum atomic E-state index is -0.360. The van der Waals surface area contributed by atoms with Crippen LogP contribution in [0.5, 0.6) is 0 Å². The van der Waals surface area contributed by atoms with E-state index in [2.05, 4.69) is 20.4 Å². The molecule has 160 valence electrons. The van der Waals surface area contributed by atoms with E-state index in [1.165, 1.54) is 28.8 Å². The normalized spacial score (nSPS) is 17.4. The Morgan fingerprint density at radius 1 is 1.13 bits per heavy atom. The van der Waals surface area contributed by atoms with Crippen molar-refractivity contribution >= 4 is 23.7 Å². The Morgan fingerprint density at radius 2 is 1.90 bits per heavy atom. The lowest BCUT2D eigenvalue weighted by Crippen LogP contribution is -2.38. The quantitative estimate of drug-likeness (QED) is 0.652. The van der Waals surface area contributed by atoms with Gasteiger partial charge >= 0.3 is 6.03 Å². The molecule has 11 heteroatoms. The van der Waals surface area contributed by atoms with Gasteiger partial charge in [0.1, 0.15) is 5.82 Å². The largest absolute Gasteiger partial charge is 0.379 e. The van der Waals surface area contributed by atoms with E-state index < -0.39 is 0 Å². The first-order chi connectivity index (χ1) is 14.6. The molecule has 0 saturated carbocycles. The van der Waals surface area contributed by atoms with Gasteiger partial charge in [0, 0.05) is 44.8 Å². The number of urea groups is 1. The molecule has 4 rings (SSSR count). The number of hydrogen-bond acceptors (Lipinski definition) is 7. The molecule has 2 aliphatic heterocycles. The highest BCUT2D eigenvalue weighted by atomic mass is 32.2. The lowest BCUT2D eigenvalue weighted by molar-refractivity contribution is -0.124. The van der Waals surface area contributed by atoms with Gasteiger partial charge in [-0.2, -0.15) is 0 Å². The molecule has 2 fully saturated rings. The topological polar surface area (TPSA) is 92.6 Å². The number of rotatable bonds is 7. The van der Waals surface area contributed by atoms with Gasteiger partial charge in [-0.25, -0.2) is 9.18 Å². The molecule has 1 N–H and O–H groups in total. The van der Waals surface area contributed by atoms with E-state index in [1.807, 2.05) is 4.57 Å². The van der Waals surface area contributed by atoms with Crippen LogP contribution in [0.25, 0.3) is 11.4 Å².